The van der Waals surface area contributed by atoms with Crippen molar-refractivity contribution in [3.05, 3.63) is 12.2 Å². The van der Waals surface area contributed by atoms with Gasteiger partial charge in [-0.2, -0.15) is 0 Å². The van der Waals surface area contributed by atoms with E-state index in [9.17, 15) is 4.79 Å². The van der Waals surface area contributed by atoms with E-state index >= 15 is 0 Å². The second-order valence-electron chi connectivity index (χ2n) is 5.56. The molecule has 0 saturated carbocycles. The van der Waals surface area contributed by atoms with Gasteiger partial charge in [0.05, 0.1) is 39.6 Å². The van der Waals surface area contributed by atoms with E-state index in [1.807, 2.05) is 0 Å². The molecule has 1 atom stereocenters. The summed E-state index contributed by atoms with van der Waals surface area (Å²) in [6.45, 7) is 4.02. The van der Waals surface area contributed by atoms with Crippen LogP contribution < -0.4 is 11.1 Å². The average Bonchev–Trinajstić information content (AvgIpc) is 2.55. The van der Waals surface area contributed by atoms with Crippen LogP contribution in [0.1, 0.15) is 32.1 Å². The van der Waals surface area contributed by atoms with Crippen LogP contribution in [0.3, 0.4) is 0 Å². The van der Waals surface area contributed by atoms with Gasteiger partial charge in [0.2, 0.25) is 0 Å². The first-order valence-corrected chi connectivity index (χ1v) is 8.85. The van der Waals surface area contributed by atoms with Crippen LogP contribution >= 0.6 is 0 Å². The zero-order valence-electron chi connectivity index (χ0n) is 14.5. The van der Waals surface area contributed by atoms with Gasteiger partial charge in [-0.3, -0.25) is 0 Å². The lowest BCUT2D eigenvalue weighted by Crippen LogP contribution is -2.31. The molecule has 3 N–H and O–H groups in total. The highest BCUT2D eigenvalue weighted by molar-refractivity contribution is 5.67. The first-order chi connectivity index (χ1) is 11.8. The molecule has 7 nitrogen and oxygen atoms in total. The van der Waals surface area contributed by atoms with Crippen LogP contribution in [-0.2, 0) is 18.9 Å². The van der Waals surface area contributed by atoms with Crippen LogP contribution in [0, 0.1) is 0 Å². The Morgan fingerprint density at radius 1 is 0.958 bits per heavy atom. The third-order valence-electron chi connectivity index (χ3n) is 3.51. The number of alkyl carbamates (subject to hydrolysis) is 1. The normalized spacial score (nSPS) is 19.3. The number of hydrogen-bond acceptors (Lipinski definition) is 6. The summed E-state index contributed by atoms with van der Waals surface area (Å²) in [7, 11) is 0. The van der Waals surface area contributed by atoms with E-state index in [1.165, 1.54) is 0 Å². The zero-order valence-corrected chi connectivity index (χ0v) is 14.5. The smallest absolute Gasteiger partial charge is 0.407 e. The second kappa shape index (κ2) is 15.4. The average molecular weight is 344 g/mol. The lowest BCUT2D eigenvalue weighted by molar-refractivity contribution is 0.0161. The molecule has 1 aliphatic carbocycles. The Hall–Kier alpha value is -1.15. The van der Waals surface area contributed by atoms with Crippen LogP contribution in [0.15, 0.2) is 12.2 Å². The van der Waals surface area contributed by atoms with E-state index in [-0.39, 0.29) is 12.2 Å². The largest absolute Gasteiger partial charge is 0.446 e. The van der Waals surface area contributed by atoms with Gasteiger partial charge in [0.1, 0.15) is 6.10 Å². The molecule has 7 heteroatoms. The van der Waals surface area contributed by atoms with Gasteiger partial charge in [-0.05, 0) is 32.1 Å². The second-order valence-corrected chi connectivity index (χ2v) is 5.56. The molecule has 0 aromatic rings. The molecule has 0 spiro atoms. The first-order valence-electron chi connectivity index (χ1n) is 8.85. The maximum absolute atomic E-state index is 11.7. The van der Waals surface area contributed by atoms with Gasteiger partial charge in [-0.15, -0.1) is 0 Å². The predicted molar refractivity (Wildman–Crippen MR) is 92.0 cm³/mol. The number of nitrogens with two attached hydrogens (primary N) is 1. The quantitative estimate of drug-likeness (QED) is 0.413. The third kappa shape index (κ3) is 12.3. The molecule has 0 fully saturated rings. The highest BCUT2D eigenvalue weighted by Crippen LogP contribution is 2.15. The number of carbonyl (C=O) groups excluding carboxylic acids is 1. The molecule has 0 heterocycles. The SMILES string of the molecule is NCCOCCOCCOCCNC(=O)OC1CC/C=C\CCC1. The fourth-order valence-corrected chi connectivity index (χ4v) is 2.29. The van der Waals surface area contributed by atoms with E-state index in [1.54, 1.807) is 0 Å². The van der Waals surface area contributed by atoms with Crippen molar-refractivity contribution in [3.63, 3.8) is 0 Å². The third-order valence-corrected chi connectivity index (χ3v) is 3.51. The van der Waals surface area contributed by atoms with Crippen molar-refractivity contribution in [2.24, 2.45) is 5.73 Å². The number of carbonyl (C=O) groups is 1. The van der Waals surface area contributed by atoms with Crippen molar-refractivity contribution in [2.75, 3.05) is 52.7 Å². The fourth-order valence-electron chi connectivity index (χ4n) is 2.29. The number of rotatable bonds is 12. The molecule has 0 aliphatic heterocycles. The van der Waals surface area contributed by atoms with Gasteiger partial charge in [0.25, 0.3) is 0 Å². The van der Waals surface area contributed by atoms with Crippen molar-refractivity contribution < 1.29 is 23.7 Å². The van der Waals surface area contributed by atoms with Gasteiger partial charge in [-0.25, -0.2) is 4.79 Å². The summed E-state index contributed by atoms with van der Waals surface area (Å²) < 4.78 is 21.3. The monoisotopic (exact) mass is 344 g/mol. The molecule has 140 valence electrons. The summed E-state index contributed by atoms with van der Waals surface area (Å²) in [6.07, 6.45) is 8.95. The minimum Gasteiger partial charge on any atom is -0.446 e. The summed E-state index contributed by atoms with van der Waals surface area (Å²) in [5.74, 6) is 0. The number of ether oxygens (including phenoxy) is 4. The Morgan fingerprint density at radius 3 is 2.38 bits per heavy atom. The van der Waals surface area contributed by atoms with Gasteiger partial charge >= 0.3 is 6.09 Å². The Balaban J connectivity index is 1.88. The molecule has 1 rings (SSSR count). The minimum atomic E-state index is -0.360. The molecule has 0 aromatic heterocycles. The lowest BCUT2D eigenvalue weighted by atomic mass is 10.0. The summed E-state index contributed by atoms with van der Waals surface area (Å²) in [5.41, 5.74) is 5.30. The maximum atomic E-state index is 11.7. The van der Waals surface area contributed by atoms with Gasteiger partial charge < -0.3 is 30.0 Å². The summed E-state index contributed by atoms with van der Waals surface area (Å²) in [5, 5.41) is 2.71. The van der Waals surface area contributed by atoms with Gasteiger partial charge in [0, 0.05) is 13.1 Å². The van der Waals surface area contributed by atoms with Crippen LogP contribution in [0.2, 0.25) is 0 Å². The van der Waals surface area contributed by atoms with E-state index < -0.39 is 0 Å². The van der Waals surface area contributed by atoms with Crippen LogP contribution in [0.25, 0.3) is 0 Å². The van der Waals surface area contributed by atoms with Crippen molar-refractivity contribution in [3.8, 4) is 0 Å². The molecule has 1 aliphatic rings. The van der Waals surface area contributed by atoms with E-state index in [4.69, 9.17) is 24.7 Å². The highest BCUT2D eigenvalue weighted by Gasteiger charge is 2.14. The van der Waals surface area contributed by atoms with E-state index in [0.717, 1.165) is 32.1 Å². The number of hydrogen-bond donors (Lipinski definition) is 2. The van der Waals surface area contributed by atoms with Crippen LogP contribution in [0.5, 0.6) is 0 Å². The standard InChI is InChI=1S/C17H32N2O5/c18-8-10-21-12-14-23-15-13-22-11-9-19-17(20)24-16-6-4-2-1-3-5-7-16/h1-2,16H,3-15,18H2,(H,19,20)/b2-1-. The minimum absolute atomic E-state index is 0.0192. The summed E-state index contributed by atoms with van der Waals surface area (Å²) in [4.78, 5) is 11.7. The lowest BCUT2D eigenvalue weighted by Gasteiger charge is -2.18. The molecular formula is C17H32N2O5. The highest BCUT2D eigenvalue weighted by atomic mass is 16.6. The fraction of sp³-hybridized carbons (Fsp3) is 0.824. The summed E-state index contributed by atoms with van der Waals surface area (Å²) >= 11 is 0. The van der Waals surface area contributed by atoms with Crippen molar-refractivity contribution in [2.45, 2.75) is 38.2 Å². The predicted octanol–water partition coefficient (Wildman–Crippen LogP) is 1.61. The van der Waals surface area contributed by atoms with Gasteiger partial charge in [0.15, 0.2) is 0 Å². The van der Waals surface area contributed by atoms with Gasteiger partial charge in [-0.1, -0.05) is 12.2 Å². The molecular weight excluding hydrogens is 312 g/mol. The molecule has 0 radical (unpaired) electrons. The van der Waals surface area contributed by atoms with Crippen molar-refractivity contribution >= 4 is 6.09 Å². The Labute approximate surface area is 144 Å². The van der Waals surface area contributed by atoms with E-state index in [0.29, 0.717) is 52.7 Å². The van der Waals surface area contributed by atoms with Crippen LogP contribution in [-0.4, -0.2) is 64.9 Å². The van der Waals surface area contributed by atoms with Crippen molar-refractivity contribution in [1.82, 2.24) is 5.32 Å². The number of amides is 1. The molecule has 1 amide bonds. The Morgan fingerprint density at radius 2 is 1.62 bits per heavy atom. The van der Waals surface area contributed by atoms with Crippen LogP contribution in [0.4, 0.5) is 4.79 Å². The summed E-state index contributed by atoms with van der Waals surface area (Å²) in [6, 6.07) is 0. The Bertz CT molecular complexity index is 339. The number of nitrogens with one attached hydrogen (secondary N) is 1. The zero-order chi connectivity index (χ0) is 17.3. The molecule has 0 saturated heterocycles. The molecule has 0 aromatic carbocycles. The molecule has 24 heavy (non-hydrogen) atoms. The molecule has 0 bridgehead atoms. The first kappa shape index (κ1) is 20.9. The van der Waals surface area contributed by atoms with Crippen molar-refractivity contribution in [1.29, 1.82) is 0 Å². The van der Waals surface area contributed by atoms with E-state index in [2.05, 4.69) is 17.5 Å². The maximum Gasteiger partial charge on any atom is 0.407 e. The topological polar surface area (TPSA) is 92.0 Å². The molecule has 1 unspecified atom stereocenters. The Kier molecular flexibility index (Phi) is 13.4. The number of allylic oxidation sites excluding steroid dienone is 2.